The first-order valence-corrected chi connectivity index (χ1v) is 8.45. The third-order valence-electron chi connectivity index (χ3n) is 4.28. The highest BCUT2D eigenvalue weighted by Crippen LogP contribution is 2.40. The molecule has 0 unspecified atom stereocenters. The number of imidazole rings is 1. The SMILES string of the molecule is CC(C)(O)c1cn(-c2ccccc2C(F)(F)F)c(-c2ccccc2C(F)(F)F)n1. The van der Waals surface area contributed by atoms with E-state index in [4.69, 9.17) is 0 Å². The Balaban J connectivity index is 2.37. The minimum Gasteiger partial charge on any atom is -0.384 e. The van der Waals surface area contributed by atoms with E-state index in [1.165, 1.54) is 38.1 Å². The summed E-state index contributed by atoms with van der Waals surface area (Å²) in [5.74, 6) is -0.355. The maximum Gasteiger partial charge on any atom is 0.418 e. The van der Waals surface area contributed by atoms with Gasteiger partial charge in [0, 0.05) is 11.8 Å². The molecule has 0 bridgehead atoms. The first-order chi connectivity index (χ1) is 13.3. The number of rotatable bonds is 3. The molecule has 0 aliphatic carbocycles. The molecule has 1 N–H and O–H groups in total. The second kappa shape index (κ2) is 6.91. The molecule has 0 amide bonds. The molecule has 3 nitrogen and oxygen atoms in total. The third-order valence-corrected chi connectivity index (χ3v) is 4.28. The van der Waals surface area contributed by atoms with Crippen LogP contribution >= 0.6 is 0 Å². The molecule has 0 aliphatic heterocycles. The number of para-hydroxylation sites is 1. The molecular weight excluding hydrogens is 398 g/mol. The maximum absolute atomic E-state index is 13.5. The van der Waals surface area contributed by atoms with E-state index in [1.54, 1.807) is 0 Å². The Labute approximate surface area is 162 Å². The predicted octanol–water partition coefficient (Wildman–Crippen LogP) is 5.80. The molecule has 2 aromatic carbocycles. The van der Waals surface area contributed by atoms with E-state index < -0.39 is 40.3 Å². The number of aromatic nitrogens is 2. The molecule has 154 valence electrons. The quantitative estimate of drug-likeness (QED) is 0.550. The zero-order valence-electron chi connectivity index (χ0n) is 15.3. The monoisotopic (exact) mass is 414 g/mol. The fraction of sp³-hybridized carbons (Fsp3) is 0.250. The molecule has 0 fully saturated rings. The first kappa shape index (κ1) is 20.9. The smallest absolute Gasteiger partial charge is 0.384 e. The number of hydrogen-bond donors (Lipinski definition) is 1. The van der Waals surface area contributed by atoms with Crippen LogP contribution in [0.5, 0.6) is 0 Å². The molecule has 0 saturated carbocycles. The fourth-order valence-corrected chi connectivity index (χ4v) is 2.90. The summed E-state index contributed by atoms with van der Waals surface area (Å²) in [7, 11) is 0. The van der Waals surface area contributed by atoms with Crippen molar-refractivity contribution in [3.63, 3.8) is 0 Å². The Hall–Kier alpha value is -2.81. The Morgan fingerprint density at radius 1 is 0.793 bits per heavy atom. The van der Waals surface area contributed by atoms with E-state index in [2.05, 4.69) is 4.98 Å². The molecule has 3 rings (SSSR count). The summed E-state index contributed by atoms with van der Waals surface area (Å²) in [4.78, 5) is 4.07. The van der Waals surface area contributed by atoms with Gasteiger partial charge in [0.1, 0.15) is 11.4 Å². The molecule has 1 heterocycles. The topological polar surface area (TPSA) is 38.0 Å². The molecule has 0 spiro atoms. The van der Waals surface area contributed by atoms with Gasteiger partial charge in [0.15, 0.2) is 0 Å². The van der Waals surface area contributed by atoms with Crippen molar-refractivity contribution in [2.45, 2.75) is 31.8 Å². The van der Waals surface area contributed by atoms with Crippen molar-refractivity contribution in [2.75, 3.05) is 0 Å². The summed E-state index contributed by atoms with van der Waals surface area (Å²) in [5, 5.41) is 10.3. The van der Waals surface area contributed by atoms with Gasteiger partial charge in [0.2, 0.25) is 0 Å². The Morgan fingerprint density at radius 3 is 1.86 bits per heavy atom. The first-order valence-electron chi connectivity index (χ1n) is 8.45. The van der Waals surface area contributed by atoms with Crippen molar-refractivity contribution in [3.05, 3.63) is 71.5 Å². The van der Waals surface area contributed by atoms with Gasteiger partial charge in [-0.25, -0.2) is 4.98 Å². The highest BCUT2D eigenvalue weighted by Gasteiger charge is 2.37. The van der Waals surface area contributed by atoms with E-state index in [0.29, 0.717) is 0 Å². The average Bonchev–Trinajstić information content (AvgIpc) is 3.06. The lowest BCUT2D eigenvalue weighted by atomic mass is 10.1. The average molecular weight is 414 g/mol. The van der Waals surface area contributed by atoms with Gasteiger partial charge in [-0.2, -0.15) is 26.3 Å². The summed E-state index contributed by atoms with van der Waals surface area (Å²) < 4.78 is 82.0. The highest BCUT2D eigenvalue weighted by molar-refractivity contribution is 5.65. The number of alkyl halides is 6. The summed E-state index contributed by atoms with van der Waals surface area (Å²) >= 11 is 0. The minimum atomic E-state index is -4.74. The van der Waals surface area contributed by atoms with Crippen LogP contribution in [-0.2, 0) is 18.0 Å². The standard InChI is InChI=1S/C20H16F6N2O/c1-18(2,29)16-11-28(15-10-6-5-9-14(15)20(24,25)26)17(27-16)12-7-3-4-8-13(12)19(21,22)23/h3-11,29H,1-2H3. The van der Waals surface area contributed by atoms with E-state index in [-0.39, 0.29) is 11.5 Å². The van der Waals surface area contributed by atoms with Crippen molar-refractivity contribution in [3.8, 4) is 17.1 Å². The van der Waals surface area contributed by atoms with E-state index >= 15 is 0 Å². The number of benzene rings is 2. The molecule has 0 atom stereocenters. The van der Waals surface area contributed by atoms with Crippen LogP contribution in [0.15, 0.2) is 54.7 Å². The van der Waals surface area contributed by atoms with E-state index in [1.807, 2.05) is 0 Å². The van der Waals surface area contributed by atoms with Crippen LogP contribution in [0.25, 0.3) is 17.1 Å². The van der Waals surface area contributed by atoms with Gasteiger partial charge in [0.05, 0.1) is 22.5 Å². The molecule has 29 heavy (non-hydrogen) atoms. The van der Waals surface area contributed by atoms with Crippen LogP contribution in [0.1, 0.15) is 30.7 Å². The lowest BCUT2D eigenvalue weighted by Crippen LogP contribution is -2.16. The third kappa shape index (κ3) is 4.14. The summed E-state index contributed by atoms with van der Waals surface area (Å²) in [5.41, 5.74) is -4.52. The van der Waals surface area contributed by atoms with Crippen molar-refractivity contribution in [2.24, 2.45) is 0 Å². The number of aliphatic hydroxyl groups is 1. The zero-order chi connectivity index (χ0) is 21.6. The van der Waals surface area contributed by atoms with Gasteiger partial charge in [-0.3, -0.25) is 4.57 Å². The van der Waals surface area contributed by atoms with Gasteiger partial charge in [-0.1, -0.05) is 30.3 Å². The molecule has 3 aromatic rings. The van der Waals surface area contributed by atoms with Crippen LogP contribution in [0.3, 0.4) is 0 Å². The van der Waals surface area contributed by atoms with E-state index in [9.17, 15) is 31.4 Å². The predicted molar refractivity (Wildman–Crippen MR) is 94.2 cm³/mol. The maximum atomic E-state index is 13.5. The fourth-order valence-electron chi connectivity index (χ4n) is 2.90. The van der Waals surface area contributed by atoms with Crippen molar-refractivity contribution in [1.29, 1.82) is 0 Å². The lowest BCUT2D eigenvalue weighted by Gasteiger charge is -2.17. The van der Waals surface area contributed by atoms with Gasteiger partial charge < -0.3 is 5.11 Å². The van der Waals surface area contributed by atoms with Crippen molar-refractivity contribution in [1.82, 2.24) is 9.55 Å². The zero-order valence-corrected chi connectivity index (χ0v) is 15.3. The molecular formula is C20H16F6N2O. The van der Waals surface area contributed by atoms with Crippen LogP contribution in [-0.4, -0.2) is 14.7 Å². The number of nitrogens with zero attached hydrogens (tertiary/aromatic N) is 2. The summed E-state index contributed by atoms with van der Waals surface area (Å²) in [6.45, 7) is 2.68. The van der Waals surface area contributed by atoms with Gasteiger partial charge in [-0.05, 0) is 32.0 Å². The molecule has 0 aliphatic rings. The molecule has 0 radical (unpaired) electrons. The summed E-state index contributed by atoms with van der Waals surface area (Å²) in [6.07, 6.45) is -8.37. The summed E-state index contributed by atoms with van der Waals surface area (Å²) in [6, 6.07) is 8.97. The van der Waals surface area contributed by atoms with Crippen LogP contribution in [0.2, 0.25) is 0 Å². The Bertz CT molecular complexity index is 953. The molecule has 1 aromatic heterocycles. The van der Waals surface area contributed by atoms with Crippen molar-refractivity contribution >= 4 is 0 Å². The largest absolute Gasteiger partial charge is 0.418 e. The van der Waals surface area contributed by atoms with Crippen LogP contribution in [0, 0.1) is 0 Å². The van der Waals surface area contributed by atoms with E-state index in [0.717, 1.165) is 35.0 Å². The van der Waals surface area contributed by atoms with Gasteiger partial charge >= 0.3 is 12.4 Å². The highest BCUT2D eigenvalue weighted by atomic mass is 19.4. The second-order valence-corrected chi connectivity index (χ2v) is 6.94. The Morgan fingerprint density at radius 2 is 1.31 bits per heavy atom. The van der Waals surface area contributed by atoms with Gasteiger partial charge in [0.25, 0.3) is 0 Å². The van der Waals surface area contributed by atoms with Crippen LogP contribution < -0.4 is 0 Å². The number of hydrogen-bond acceptors (Lipinski definition) is 2. The number of halogens is 6. The second-order valence-electron chi connectivity index (χ2n) is 6.94. The Kier molecular flexibility index (Phi) is 4.98. The van der Waals surface area contributed by atoms with Crippen molar-refractivity contribution < 1.29 is 31.4 Å². The van der Waals surface area contributed by atoms with Gasteiger partial charge in [-0.15, -0.1) is 0 Å². The molecule has 0 saturated heterocycles. The molecule has 9 heteroatoms. The lowest BCUT2D eigenvalue weighted by molar-refractivity contribution is -0.138. The minimum absolute atomic E-state index is 0.0681. The van der Waals surface area contributed by atoms with Crippen LogP contribution in [0.4, 0.5) is 26.3 Å². The normalized spacial score (nSPS) is 13.0.